The number of thiophene rings is 1. The van der Waals surface area contributed by atoms with E-state index >= 15 is 0 Å². The summed E-state index contributed by atoms with van der Waals surface area (Å²) in [4.78, 5) is 31.3. The molecule has 2 heterocycles. The van der Waals surface area contributed by atoms with E-state index in [1.54, 1.807) is 25.1 Å². The summed E-state index contributed by atoms with van der Waals surface area (Å²) in [5, 5.41) is 5.64. The molecular formula is C24H22ClN3O3S. The van der Waals surface area contributed by atoms with Crippen molar-refractivity contribution < 1.29 is 9.53 Å². The Kier molecular flexibility index (Phi) is 6.04. The van der Waals surface area contributed by atoms with Crippen molar-refractivity contribution in [3.63, 3.8) is 0 Å². The lowest BCUT2D eigenvalue weighted by Gasteiger charge is -2.15. The number of halogens is 1. The third kappa shape index (κ3) is 4.01. The van der Waals surface area contributed by atoms with Crippen LogP contribution in [0.15, 0.2) is 52.9 Å². The van der Waals surface area contributed by atoms with Crippen LogP contribution in [0.25, 0.3) is 21.3 Å². The molecule has 0 fully saturated rings. The van der Waals surface area contributed by atoms with Crippen molar-refractivity contribution in [1.29, 1.82) is 0 Å². The molecule has 4 aromatic rings. The SMILES string of the molecule is COc1ccc(NC(=O)C(C)n2cnc3scc(-c4ccc(C)c(C)c4)c3c2=O)cc1Cl. The van der Waals surface area contributed by atoms with Gasteiger partial charge in [0.05, 0.1) is 23.8 Å². The van der Waals surface area contributed by atoms with Crippen molar-refractivity contribution >= 4 is 44.7 Å². The van der Waals surface area contributed by atoms with Crippen LogP contribution < -0.4 is 15.6 Å². The summed E-state index contributed by atoms with van der Waals surface area (Å²) in [6.07, 6.45) is 1.43. The highest BCUT2D eigenvalue weighted by Gasteiger charge is 2.21. The van der Waals surface area contributed by atoms with Crippen LogP contribution in [0, 0.1) is 13.8 Å². The number of hydrogen-bond acceptors (Lipinski definition) is 5. The summed E-state index contributed by atoms with van der Waals surface area (Å²) in [7, 11) is 1.52. The van der Waals surface area contributed by atoms with Gasteiger partial charge in [0.25, 0.3) is 5.56 Å². The fraction of sp³-hybridized carbons (Fsp3) is 0.208. The molecule has 164 valence electrons. The molecule has 4 rings (SSSR count). The Labute approximate surface area is 194 Å². The molecule has 0 radical (unpaired) electrons. The number of rotatable bonds is 5. The van der Waals surface area contributed by atoms with Crippen molar-refractivity contribution in [3.05, 3.63) is 74.6 Å². The van der Waals surface area contributed by atoms with Crippen LogP contribution in [0.1, 0.15) is 24.1 Å². The lowest BCUT2D eigenvalue weighted by molar-refractivity contribution is -0.118. The first-order chi connectivity index (χ1) is 15.3. The number of fused-ring (bicyclic) bond motifs is 1. The highest BCUT2D eigenvalue weighted by molar-refractivity contribution is 7.17. The number of ether oxygens (including phenoxy) is 1. The third-order valence-electron chi connectivity index (χ3n) is 5.55. The van der Waals surface area contributed by atoms with Gasteiger partial charge in [-0.05, 0) is 55.7 Å². The van der Waals surface area contributed by atoms with Gasteiger partial charge < -0.3 is 10.1 Å². The highest BCUT2D eigenvalue weighted by atomic mass is 35.5. The first-order valence-corrected chi connectivity index (χ1v) is 11.3. The quantitative estimate of drug-likeness (QED) is 0.414. The van der Waals surface area contributed by atoms with E-state index in [4.69, 9.17) is 16.3 Å². The van der Waals surface area contributed by atoms with E-state index in [-0.39, 0.29) is 11.5 Å². The number of aromatic nitrogens is 2. The van der Waals surface area contributed by atoms with E-state index in [2.05, 4.69) is 23.3 Å². The van der Waals surface area contributed by atoms with Crippen LogP contribution >= 0.6 is 22.9 Å². The second kappa shape index (κ2) is 8.76. The van der Waals surface area contributed by atoms with Gasteiger partial charge in [-0.2, -0.15) is 0 Å². The Morgan fingerprint density at radius 2 is 1.97 bits per heavy atom. The standard InChI is InChI=1S/C24H22ClN3O3S/c1-13-5-6-16(9-14(13)2)18-11-32-23-21(18)24(30)28(12-26-23)15(3)22(29)27-17-7-8-20(31-4)19(25)10-17/h5-12,15H,1-4H3,(H,27,29). The Balaban J connectivity index is 1.69. The average Bonchev–Trinajstić information content (AvgIpc) is 3.21. The molecule has 32 heavy (non-hydrogen) atoms. The minimum atomic E-state index is -0.771. The fourth-order valence-corrected chi connectivity index (χ4v) is 4.62. The maximum Gasteiger partial charge on any atom is 0.263 e. The number of carbonyl (C=O) groups is 1. The zero-order valence-corrected chi connectivity index (χ0v) is 19.7. The molecule has 0 aliphatic carbocycles. The minimum absolute atomic E-state index is 0.250. The van der Waals surface area contributed by atoms with E-state index in [0.717, 1.165) is 16.7 Å². The smallest absolute Gasteiger partial charge is 0.263 e. The minimum Gasteiger partial charge on any atom is -0.495 e. The molecule has 8 heteroatoms. The number of benzene rings is 2. The number of nitrogens with one attached hydrogen (secondary N) is 1. The van der Waals surface area contributed by atoms with Gasteiger partial charge in [0.15, 0.2) is 0 Å². The number of anilines is 1. The Morgan fingerprint density at radius 1 is 1.19 bits per heavy atom. The molecule has 1 amide bonds. The molecule has 2 aromatic heterocycles. The number of methoxy groups -OCH3 is 1. The molecule has 0 bridgehead atoms. The number of carbonyl (C=O) groups excluding carboxylic acids is 1. The number of aryl methyl sites for hydroxylation is 2. The van der Waals surface area contributed by atoms with Gasteiger partial charge in [-0.25, -0.2) is 4.98 Å². The predicted octanol–water partition coefficient (Wildman–Crippen LogP) is 5.60. The third-order valence-corrected chi connectivity index (χ3v) is 6.74. The Bertz CT molecular complexity index is 1390. The van der Waals surface area contributed by atoms with Crippen LogP contribution in [0.2, 0.25) is 5.02 Å². The molecule has 0 aliphatic rings. The van der Waals surface area contributed by atoms with Crippen molar-refractivity contribution in [2.75, 3.05) is 12.4 Å². The van der Waals surface area contributed by atoms with Gasteiger partial charge in [-0.1, -0.05) is 29.8 Å². The van der Waals surface area contributed by atoms with Gasteiger partial charge in [0, 0.05) is 16.6 Å². The predicted molar refractivity (Wildman–Crippen MR) is 130 cm³/mol. The van der Waals surface area contributed by atoms with Crippen LogP contribution in [0.3, 0.4) is 0 Å². The fourth-order valence-electron chi connectivity index (χ4n) is 3.46. The van der Waals surface area contributed by atoms with E-state index in [1.165, 1.54) is 34.9 Å². The number of nitrogens with zero attached hydrogens (tertiary/aromatic N) is 2. The maximum absolute atomic E-state index is 13.4. The first kappa shape index (κ1) is 22.0. The molecule has 1 unspecified atom stereocenters. The molecule has 2 aromatic carbocycles. The zero-order chi connectivity index (χ0) is 23.0. The molecule has 6 nitrogen and oxygen atoms in total. The molecule has 0 saturated carbocycles. The molecular weight excluding hydrogens is 446 g/mol. The van der Waals surface area contributed by atoms with E-state index in [0.29, 0.717) is 26.7 Å². The zero-order valence-electron chi connectivity index (χ0n) is 18.1. The summed E-state index contributed by atoms with van der Waals surface area (Å²) in [6.45, 7) is 5.76. The second-order valence-electron chi connectivity index (χ2n) is 7.60. The number of amides is 1. The Morgan fingerprint density at radius 3 is 2.66 bits per heavy atom. The maximum atomic E-state index is 13.4. The van der Waals surface area contributed by atoms with Crippen molar-refractivity contribution in [2.24, 2.45) is 0 Å². The normalized spacial score (nSPS) is 12.0. The molecule has 1 atom stereocenters. The van der Waals surface area contributed by atoms with E-state index in [9.17, 15) is 9.59 Å². The average molecular weight is 468 g/mol. The summed E-state index contributed by atoms with van der Waals surface area (Å²) in [5.41, 5.74) is 4.39. The van der Waals surface area contributed by atoms with Gasteiger partial charge in [0.1, 0.15) is 16.6 Å². The van der Waals surface area contributed by atoms with Crippen molar-refractivity contribution in [2.45, 2.75) is 26.8 Å². The van der Waals surface area contributed by atoms with Gasteiger partial charge >= 0.3 is 0 Å². The molecule has 0 saturated heterocycles. The molecule has 0 spiro atoms. The lowest BCUT2D eigenvalue weighted by atomic mass is 10.0. The summed E-state index contributed by atoms with van der Waals surface area (Å²) >= 11 is 7.56. The lowest BCUT2D eigenvalue weighted by Crippen LogP contribution is -2.31. The van der Waals surface area contributed by atoms with Crippen molar-refractivity contribution in [3.8, 4) is 16.9 Å². The van der Waals surface area contributed by atoms with Crippen LogP contribution in [-0.2, 0) is 4.79 Å². The largest absolute Gasteiger partial charge is 0.495 e. The van der Waals surface area contributed by atoms with E-state index < -0.39 is 6.04 Å². The summed E-state index contributed by atoms with van der Waals surface area (Å²) < 4.78 is 6.50. The van der Waals surface area contributed by atoms with Crippen LogP contribution in [-0.4, -0.2) is 22.6 Å². The highest BCUT2D eigenvalue weighted by Crippen LogP contribution is 2.32. The number of hydrogen-bond donors (Lipinski definition) is 1. The van der Waals surface area contributed by atoms with Crippen LogP contribution in [0.4, 0.5) is 5.69 Å². The van der Waals surface area contributed by atoms with E-state index in [1.807, 2.05) is 24.4 Å². The Hall–Kier alpha value is -3.16. The van der Waals surface area contributed by atoms with Gasteiger partial charge in [-0.3, -0.25) is 14.2 Å². The van der Waals surface area contributed by atoms with Gasteiger partial charge in [-0.15, -0.1) is 11.3 Å². The molecule has 0 aliphatic heterocycles. The second-order valence-corrected chi connectivity index (χ2v) is 8.87. The monoisotopic (exact) mass is 467 g/mol. The summed E-state index contributed by atoms with van der Waals surface area (Å²) in [5.74, 6) is 0.164. The van der Waals surface area contributed by atoms with Crippen LogP contribution in [0.5, 0.6) is 5.75 Å². The van der Waals surface area contributed by atoms with Gasteiger partial charge in [0.2, 0.25) is 5.91 Å². The van der Waals surface area contributed by atoms with Crippen molar-refractivity contribution in [1.82, 2.24) is 9.55 Å². The molecule has 1 N–H and O–H groups in total. The first-order valence-electron chi connectivity index (χ1n) is 10.0. The topological polar surface area (TPSA) is 73.2 Å². The summed E-state index contributed by atoms with van der Waals surface area (Å²) in [6, 6.07) is 10.3.